The summed E-state index contributed by atoms with van der Waals surface area (Å²) in [4.78, 5) is 14.3. The van der Waals surface area contributed by atoms with Gasteiger partial charge in [0.15, 0.2) is 0 Å². The average molecular weight is 376 g/mol. The lowest BCUT2D eigenvalue weighted by Gasteiger charge is -2.35. The fourth-order valence-electron chi connectivity index (χ4n) is 3.38. The zero-order chi connectivity index (χ0) is 18.6. The molecular formula is C18H24N4O3S. The lowest BCUT2D eigenvalue weighted by atomic mass is 9.78. The normalized spacial score (nSPS) is 19.1. The Morgan fingerprint density at radius 2 is 1.77 bits per heavy atom. The number of hydrogen-bond donors (Lipinski definition) is 2. The zero-order valence-electron chi connectivity index (χ0n) is 14.7. The summed E-state index contributed by atoms with van der Waals surface area (Å²) in [5, 5.41) is 11.7. The van der Waals surface area contributed by atoms with Gasteiger partial charge in [0.2, 0.25) is 15.9 Å². The smallest absolute Gasteiger partial charge is 0.241 e. The van der Waals surface area contributed by atoms with E-state index in [1.165, 1.54) is 19.3 Å². The quantitative estimate of drug-likeness (QED) is 0.790. The number of hydrogen-bond acceptors (Lipinski definition) is 5. The molecule has 1 aliphatic heterocycles. The van der Waals surface area contributed by atoms with Gasteiger partial charge < -0.3 is 10.2 Å². The van der Waals surface area contributed by atoms with Crippen LogP contribution in [-0.2, 0) is 14.8 Å². The molecular weight excluding hydrogens is 352 g/mol. The van der Waals surface area contributed by atoms with Gasteiger partial charge in [-0.1, -0.05) is 0 Å². The molecule has 2 aliphatic rings. The van der Waals surface area contributed by atoms with Crippen LogP contribution in [0.4, 0.5) is 11.4 Å². The van der Waals surface area contributed by atoms with E-state index in [1.807, 2.05) is 12.1 Å². The van der Waals surface area contributed by atoms with Crippen LogP contribution < -0.4 is 14.9 Å². The van der Waals surface area contributed by atoms with Crippen molar-refractivity contribution in [1.29, 1.82) is 5.26 Å². The molecule has 7 nitrogen and oxygen atoms in total. The van der Waals surface area contributed by atoms with Crippen molar-refractivity contribution >= 4 is 27.3 Å². The average Bonchev–Trinajstić information content (AvgIpc) is 2.59. The lowest BCUT2D eigenvalue weighted by molar-refractivity contribution is -0.120. The second-order valence-electron chi connectivity index (χ2n) is 7.05. The minimum atomic E-state index is -3.82. The Hall–Kier alpha value is -2.27. The van der Waals surface area contributed by atoms with E-state index in [0.29, 0.717) is 18.5 Å². The fraction of sp³-hybridized carbons (Fsp3) is 0.556. The van der Waals surface area contributed by atoms with Crippen molar-refractivity contribution in [3.05, 3.63) is 24.3 Å². The van der Waals surface area contributed by atoms with E-state index in [1.54, 1.807) is 12.1 Å². The molecule has 0 unspecified atom stereocenters. The SMILES string of the molecule is N#CC1(NC(=O)CS(=O)(=O)Nc2ccc(N3CCCCC3)cc2)CCC1. The summed E-state index contributed by atoms with van der Waals surface area (Å²) >= 11 is 0. The molecule has 26 heavy (non-hydrogen) atoms. The van der Waals surface area contributed by atoms with Crippen LogP contribution >= 0.6 is 0 Å². The first-order valence-electron chi connectivity index (χ1n) is 8.99. The van der Waals surface area contributed by atoms with Gasteiger partial charge in [-0.15, -0.1) is 0 Å². The number of sulfonamides is 1. The van der Waals surface area contributed by atoms with Crippen molar-refractivity contribution < 1.29 is 13.2 Å². The highest BCUT2D eigenvalue weighted by Crippen LogP contribution is 2.30. The number of piperidine rings is 1. The first-order valence-corrected chi connectivity index (χ1v) is 10.6. The summed E-state index contributed by atoms with van der Waals surface area (Å²) in [6.45, 7) is 2.04. The lowest BCUT2D eigenvalue weighted by Crippen LogP contribution is -2.54. The molecule has 2 N–H and O–H groups in total. The summed E-state index contributed by atoms with van der Waals surface area (Å²) in [5.74, 6) is -1.34. The molecule has 3 rings (SSSR count). The van der Waals surface area contributed by atoms with Crippen LogP contribution in [0, 0.1) is 11.3 Å². The van der Waals surface area contributed by atoms with Crippen molar-refractivity contribution in [2.75, 3.05) is 28.5 Å². The Kier molecular flexibility index (Phi) is 5.37. The van der Waals surface area contributed by atoms with E-state index in [4.69, 9.17) is 5.26 Å². The van der Waals surface area contributed by atoms with E-state index in [0.717, 1.165) is 25.2 Å². The highest BCUT2D eigenvalue weighted by atomic mass is 32.2. The summed E-state index contributed by atoms with van der Waals surface area (Å²) < 4.78 is 26.9. The summed E-state index contributed by atoms with van der Waals surface area (Å²) in [5.41, 5.74) is 0.617. The number of rotatable bonds is 6. The van der Waals surface area contributed by atoms with Gasteiger partial charge in [-0.3, -0.25) is 9.52 Å². The van der Waals surface area contributed by atoms with Gasteiger partial charge in [-0.05, 0) is 62.8 Å². The highest BCUT2D eigenvalue weighted by Gasteiger charge is 2.39. The van der Waals surface area contributed by atoms with E-state index in [-0.39, 0.29) is 0 Å². The molecule has 0 spiro atoms. The van der Waals surface area contributed by atoms with Crippen LogP contribution in [0.15, 0.2) is 24.3 Å². The Morgan fingerprint density at radius 3 is 2.31 bits per heavy atom. The van der Waals surface area contributed by atoms with Crippen LogP contribution in [-0.4, -0.2) is 38.7 Å². The van der Waals surface area contributed by atoms with Crippen molar-refractivity contribution in [2.45, 2.75) is 44.1 Å². The number of anilines is 2. The molecule has 0 radical (unpaired) electrons. The van der Waals surface area contributed by atoms with Crippen molar-refractivity contribution in [3.63, 3.8) is 0 Å². The first kappa shape index (κ1) is 18.5. The zero-order valence-corrected chi connectivity index (χ0v) is 15.5. The molecule has 1 amide bonds. The molecule has 1 aromatic rings. The second-order valence-corrected chi connectivity index (χ2v) is 8.77. The van der Waals surface area contributed by atoms with E-state index in [9.17, 15) is 13.2 Å². The van der Waals surface area contributed by atoms with Crippen LogP contribution in [0.25, 0.3) is 0 Å². The predicted octanol–water partition coefficient (Wildman–Crippen LogP) is 1.98. The maximum absolute atomic E-state index is 12.2. The highest BCUT2D eigenvalue weighted by molar-refractivity contribution is 7.93. The molecule has 1 saturated heterocycles. The van der Waals surface area contributed by atoms with Crippen LogP contribution in [0.1, 0.15) is 38.5 Å². The minimum Gasteiger partial charge on any atom is -0.372 e. The van der Waals surface area contributed by atoms with Gasteiger partial charge >= 0.3 is 0 Å². The van der Waals surface area contributed by atoms with Gasteiger partial charge in [-0.25, -0.2) is 8.42 Å². The van der Waals surface area contributed by atoms with Crippen LogP contribution in [0.5, 0.6) is 0 Å². The van der Waals surface area contributed by atoms with Gasteiger partial charge in [0, 0.05) is 24.5 Å². The van der Waals surface area contributed by atoms with Crippen molar-refractivity contribution in [1.82, 2.24) is 5.32 Å². The Bertz CT molecular complexity index is 789. The van der Waals surface area contributed by atoms with Gasteiger partial charge in [-0.2, -0.15) is 5.26 Å². The van der Waals surface area contributed by atoms with E-state index < -0.39 is 27.2 Å². The van der Waals surface area contributed by atoms with Crippen molar-refractivity contribution in [3.8, 4) is 6.07 Å². The van der Waals surface area contributed by atoms with Crippen LogP contribution in [0.3, 0.4) is 0 Å². The maximum atomic E-state index is 12.2. The second kappa shape index (κ2) is 7.54. The Morgan fingerprint density at radius 1 is 1.12 bits per heavy atom. The van der Waals surface area contributed by atoms with Crippen LogP contribution in [0.2, 0.25) is 0 Å². The summed E-state index contributed by atoms with van der Waals surface area (Å²) in [6, 6.07) is 9.27. The summed E-state index contributed by atoms with van der Waals surface area (Å²) in [6.07, 6.45) is 5.61. The molecule has 1 saturated carbocycles. The first-order chi connectivity index (χ1) is 12.4. The third-order valence-electron chi connectivity index (χ3n) is 4.98. The maximum Gasteiger partial charge on any atom is 0.241 e. The molecule has 0 aromatic heterocycles. The number of nitriles is 1. The topological polar surface area (TPSA) is 102 Å². The Balaban J connectivity index is 1.56. The number of nitrogens with zero attached hydrogens (tertiary/aromatic N) is 2. The fourth-order valence-corrected chi connectivity index (χ4v) is 4.36. The number of carbonyl (C=O) groups excluding carboxylic acids is 1. The van der Waals surface area contributed by atoms with Gasteiger partial charge in [0.25, 0.3) is 0 Å². The molecule has 1 aromatic carbocycles. The third kappa shape index (κ3) is 4.47. The largest absolute Gasteiger partial charge is 0.372 e. The molecule has 1 aliphatic carbocycles. The van der Waals surface area contributed by atoms with E-state index in [2.05, 4.69) is 21.0 Å². The number of benzene rings is 1. The standard InChI is InChI=1S/C18H24N4O3S/c19-14-18(9-4-10-18)20-17(23)13-26(24,25)21-15-5-7-16(8-6-15)22-11-2-1-3-12-22/h5-8,21H,1-4,9-13H2,(H,20,23). The van der Waals surface area contributed by atoms with E-state index >= 15 is 0 Å². The number of amides is 1. The molecule has 1 heterocycles. The molecule has 140 valence electrons. The third-order valence-corrected chi connectivity index (χ3v) is 6.17. The monoisotopic (exact) mass is 376 g/mol. The minimum absolute atomic E-state index is 0.428. The molecule has 8 heteroatoms. The predicted molar refractivity (Wildman–Crippen MR) is 100 cm³/mol. The van der Waals surface area contributed by atoms with Gasteiger partial charge in [0.1, 0.15) is 11.3 Å². The summed E-state index contributed by atoms with van der Waals surface area (Å²) in [7, 11) is -3.82. The number of carbonyl (C=O) groups is 1. The molecule has 0 atom stereocenters. The number of nitrogens with one attached hydrogen (secondary N) is 2. The van der Waals surface area contributed by atoms with Crippen molar-refractivity contribution in [2.24, 2.45) is 0 Å². The van der Waals surface area contributed by atoms with Gasteiger partial charge in [0.05, 0.1) is 6.07 Å². The Labute approximate surface area is 154 Å². The molecule has 2 fully saturated rings. The molecule has 0 bridgehead atoms.